The van der Waals surface area contributed by atoms with Crippen LogP contribution in [-0.4, -0.2) is 46.4 Å². The molecule has 1 aromatic carbocycles. The van der Waals surface area contributed by atoms with Crippen LogP contribution in [0.5, 0.6) is 5.75 Å². The Hall–Kier alpha value is -2.96. The molecule has 0 spiro atoms. The molecule has 0 aliphatic carbocycles. The minimum Gasteiger partial charge on any atom is -0.505 e. The first-order valence-corrected chi connectivity index (χ1v) is 7.61. The molecule has 0 radical (unpaired) electrons. The van der Waals surface area contributed by atoms with Crippen LogP contribution in [0.25, 0.3) is 11.1 Å². The molecule has 0 aliphatic rings. The highest BCUT2D eigenvalue weighted by Crippen LogP contribution is 2.25. The summed E-state index contributed by atoms with van der Waals surface area (Å²) in [6.45, 7) is 3.12. The largest absolute Gasteiger partial charge is 0.505 e. The van der Waals surface area contributed by atoms with Crippen LogP contribution in [0.15, 0.2) is 36.5 Å². The van der Waals surface area contributed by atoms with Gasteiger partial charge in [-0.1, -0.05) is 12.1 Å². The summed E-state index contributed by atoms with van der Waals surface area (Å²) in [7, 11) is 3.17. The Labute approximate surface area is 145 Å². The molecule has 0 saturated heterocycles. The average Bonchev–Trinajstić information content (AvgIpc) is 2.53. The molecule has 2 amide bonds. The number of carbonyl (C=O) groups excluding carboxylic acids is 2. The fraction of sp³-hybridized carbons (Fsp3) is 0.278. The number of rotatable bonds is 4. The molecule has 0 aliphatic heterocycles. The third kappa shape index (κ3) is 4.12. The molecule has 0 atom stereocenters. The summed E-state index contributed by atoms with van der Waals surface area (Å²) >= 11 is 0. The van der Waals surface area contributed by atoms with E-state index in [9.17, 15) is 19.1 Å². The van der Waals surface area contributed by atoms with Crippen molar-refractivity contribution in [1.82, 2.24) is 15.2 Å². The van der Waals surface area contributed by atoms with E-state index in [1.165, 1.54) is 35.4 Å². The normalized spacial score (nSPS) is 11.1. The predicted octanol–water partition coefficient (Wildman–Crippen LogP) is 2.19. The molecule has 0 bridgehead atoms. The number of carbonyl (C=O) groups is 2. The quantitative estimate of drug-likeness (QED) is 0.890. The molecule has 0 saturated carbocycles. The van der Waals surface area contributed by atoms with Crippen LogP contribution >= 0.6 is 0 Å². The lowest BCUT2D eigenvalue weighted by Gasteiger charge is -2.28. The van der Waals surface area contributed by atoms with Gasteiger partial charge >= 0.3 is 0 Å². The van der Waals surface area contributed by atoms with Gasteiger partial charge in [0, 0.05) is 25.9 Å². The number of hydrogen-bond donors (Lipinski definition) is 2. The molecular formula is C18H20FN3O3. The third-order valence-electron chi connectivity index (χ3n) is 3.61. The number of pyridine rings is 1. The Bertz CT molecular complexity index is 819. The summed E-state index contributed by atoms with van der Waals surface area (Å²) in [6.07, 6.45) is 1.37. The Morgan fingerprint density at radius 1 is 1.20 bits per heavy atom. The van der Waals surface area contributed by atoms with Crippen molar-refractivity contribution in [3.63, 3.8) is 0 Å². The Morgan fingerprint density at radius 3 is 2.44 bits per heavy atom. The molecule has 6 nitrogen and oxygen atoms in total. The number of nitrogens with one attached hydrogen (secondary N) is 1. The number of likely N-dealkylation sites (N-methyl/N-ethyl adjacent to an activating group) is 1. The minimum atomic E-state index is -1.16. The van der Waals surface area contributed by atoms with Crippen molar-refractivity contribution in [2.24, 2.45) is 0 Å². The maximum absolute atomic E-state index is 13.3. The van der Waals surface area contributed by atoms with Crippen molar-refractivity contribution in [2.45, 2.75) is 19.4 Å². The van der Waals surface area contributed by atoms with Crippen LogP contribution in [0.3, 0.4) is 0 Å². The van der Waals surface area contributed by atoms with Crippen molar-refractivity contribution in [3.05, 3.63) is 48.0 Å². The molecule has 1 aromatic heterocycles. The summed E-state index contributed by atoms with van der Waals surface area (Å²) in [5.74, 6) is -1.74. The number of nitrogens with zero attached hydrogens (tertiary/aromatic N) is 2. The topological polar surface area (TPSA) is 82.5 Å². The molecule has 0 fully saturated rings. The van der Waals surface area contributed by atoms with Gasteiger partial charge in [0.1, 0.15) is 17.1 Å². The van der Waals surface area contributed by atoms with Crippen LogP contribution in [0.4, 0.5) is 4.39 Å². The molecular weight excluding hydrogens is 325 g/mol. The van der Waals surface area contributed by atoms with Crippen molar-refractivity contribution in [1.29, 1.82) is 0 Å². The summed E-state index contributed by atoms with van der Waals surface area (Å²) in [6, 6.07) is 7.14. The lowest BCUT2D eigenvalue weighted by atomic mass is 10.0. The van der Waals surface area contributed by atoms with Gasteiger partial charge in [-0.05, 0) is 37.6 Å². The molecule has 25 heavy (non-hydrogen) atoms. The average molecular weight is 345 g/mol. The number of halogens is 1. The van der Waals surface area contributed by atoms with Gasteiger partial charge in [0.2, 0.25) is 5.91 Å². The summed E-state index contributed by atoms with van der Waals surface area (Å²) < 4.78 is 13.3. The Morgan fingerprint density at radius 2 is 1.88 bits per heavy atom. The van der Waals surface area contributed by atoms with Crippen molar-refractivity contribution < 1.29 is 19.1 Å². The Balaban J connectivity index is 2.26. The van der Waals surface area contributed by atoms with Gasteiger partial charge in [0.25, 0.3) is 5.91 Å². The van der Waals surface area contributed by atoms with E-state index in [1.807, 2.05) is 0 Å². The lowest BCUT2D eigenvalue weighted by Crippen LogP contribution is -2.54. The van der Waals surface area contributed by atoms with E-state index in [4.69, 9.17) is 0 Å². The first-order valence-electron chi connectivity index (χ1n) is 7.61. The second-order valence-corrected chi connectivity index (χ2v) is 6.38. The zero-order valence-electron chi connectivity index (χ0n) is 14.5. The fourth-order valence-corrected chi connectivity index (χ4v) is 2.41. The highest BCUT2D eigenvalue weighted by Gasteiger charge is 2.32. The second-order valence-electron chi connectivity index (χ2n) is 6.38. The first kappa shape index (κ1) is 18.4. The molecule has 7 heteroatoms. The van der Waals surface area contributed by atoms with E-state index in [0.717, 1.165) is 0 Å². The van der Waals surface area contributed by atoms with E-state index >= 15 is 0 Å². The number of hydrogen-bond acceptors (Lipinski definition) is 4. The van der Waals surface area contributed by atoms with E-state index in [-0.39, 0.29) is 17.4 Å². The first-order chi connectivity index (χ1) is 11.6. The van der Waals surface area contributed by atoms with Crippen LogP contribution in [0.2, 0.25) is 0 Å². The van der Waals surface area contributed by atoms with Gasteiger partial charge in [0.15, 0.2) is 5.69 Å². The third-order valence-corrected chi connectivity index (χ3v) is 3.61. The van der Waals surface area contributed by atoms with Crippen molar-refractivity contribution in [3.8, 4) is 16.9 Å². The SMILES string of the molecule is CN(C)C(=O)C(C)(C)NC(=O)c1ncc(-c2cccc(F)c2)cc1O. The van der Waals surface area contributed by atoms with E-state index in [1.54, 1.807) is 34.0 Å². The maximum Gasteiger partial charge on any atom is 0.274 e. The maximum atomic E-state index is 13.3. The van der Waals surface area contributed by atoms with Gasteiger partial charge in [-0.15, -0.1) is 0 Å². The predicted molar refractivity (Wildman–Crippen MR) is 91.5 cm³/mol. The monoisotopic (exact) mass is 345 g/mol. The molecule has 2 aromatic rings. The smallest absolute Gasteiger partial charge is 0.274 e. The van der Waals surface area contributed by atoms with Crippen LogP contribution in [0, 0.1) is 5.82 Å². The summed E-state index contributed by atoms with van der Waals surface area (Å²) in [5, 5.41) is 12.7. The Kier molecular flexibility index (Phi) is 5.06. The zero-order chi connectivity index (χ0) is 18.8. The molecule has 2 N–H and O–H groups in total. The van der Waals surface area contributed by atoms with E-state index in [0.29, 0.717) is 11.1 Å². The number of aromatic hydroxyl groups is 1. The van der Waals surface area contributed by atoms with Gasteiger partial charge in [0.05, 0.1) is 0 Å². The molecule has 2 rings (SSSR count). The lowest BCUT2D eigenvalue weighted by molar-refractivity contribution is -0.134. The fourth-order valence-electron chi connectivity index (χ4n) is 2.41. The van der Waals surface area contributed by atoms with Crippen LogP contribution < -0.4 is 5.32 Å². The van der Waals surface area contributed by atoms with Gasteiger partial charge in [-0.25, -0.2) is 9.37 Å². The van der Waals surface area contributed by atoms with Crippen molar-refractivity contribution >= 4 is 11.8 Å². The molecule has 0 unspecified atom stereocenters. The van der Waals surface area contributed by atoms with Gasteiger partial charge < -0.3 is 15.3 Å². The number of amides is 2. The standard InChI is InChI=1S/C18H20FN3O3/c1-18(2,17(25)22(3)4)21-16(24)15-14(23)9-12(10-20-15)11-6-5-7-13(19)8-11/h5-10,23H,1-4H3,(H,21,24). The van der Waals surface area contributed by atoms with Gasteiger partial charge in [-0.2, -0.15) is 0 Å². The number of benzene rings is 1. The zero-order valence-corrected chi connectivity index (χ0v) is 14.5. The highest BCUT2D eigenvalue weighted by atomic mass is 19.1. The van der Waals surface area contributed by atoms with E-state index < -0.39 is 17.3 Å². The van der Waals surface area contributed by atoms with Crippen LogP contribution in [-0.2, 0) is 4.79 Å². The number of aromatic nitrogens is 1. The van der Waals surface area contributed by atoms with Gasteiger partial charge in [-0.3, -0.25) is 9.59 Å². The highest BCUT2D eigenvalue weighted by molar-refractivity contribution is 5.99. The van der Waals surface area contributed by atoms with E-state index in [2.05, 4.69) is 10.3 Å². The van der Waals surface area contributed by atoms with Crippen molar-refractivity contribution in [2.75, 3.05) is 14.1 Å². The van der Waals surface area contributed by atoms with Crippen LogP contribution in [0.1, 0.15) is 24.3 Å². The summed E-state index contributed by atoms with van der Waals surface area (Å²) in [4.78, 5) is 29.8. The second kappa shape index (κ2) is 6.88. The minimum absolute atomic E-state index is 0.209. The summed E-state index contributed by atoms with van der Waals surface area (Å²) in [5.41, 5.74) is -0.370. The molecule has 1 heterocycles. The molecule has 132 valence electrons.